The van der Waals surface area contributed by atoms with Crippen LogP contribution in [0.15, 0.2) is 18.2 Å². The SMILES string of the molecule is CCC(C)[C@@H](N)c1cc(Cl)ccc1F.Cl. The molecular formula is C11H16Cl2FN. The first-order chi connectivity index (χ1) is 6.56. The van der Waals surface area contributed by atoms with Crippen LogP contribution < -0.4 is 5.73 Å². The molecule has 0 radical (unpaired) electrons. The van der Waals surface area contributed by atoms with Crippen LogP contribution in [0.1, 0.15) is 31.9 Å². The Morgan fingerprint density at radius 1 is 1.47 bits per heavy atom. The zero-order valence-corrected chi connectivity index (χ0v) is 10.4. The lowest BCUT2D eigenvalue weighted by Crippen LogP contribution is -2.19. The second-order valence-corrected chi connectivity index (χ2v) is 4.01. The molecule has 0 amide bonds. The molecule has 0 bridgehead atoms. The molecule has 15 heavy (non-hydrogen) atoms. The molecule has 4 heteroatoms. The maximum atomic E-state index is 13.4. The summed E-state index contributed by atoms with van der Waals surface area (Å²) >= 11 is 5.79. The lowest BCUT2D eigenvalue weighted by molar-refractivity contribution is 0.439. The predicted octanol–water partition coefficient (Wildman–Crippen LogP) is 3.95. The van der Waals surface area contributed by atoms with Gasteiger partial charge in [0.05, 0.1) is 0 Å². The van der Waals surface area contributed by atoms with Gasteiger partial charge in [-0.25, -0.2) is 4.39 Å². The molecule has 2 N–H and O–H groups in total. The number of hydrogen-bond donors (Lipinski definition) is 1. The van der Waals surface area contributed by atoms with E-state index in [0.717, 1.165) is 6.42 Å². The molecule has 86 valence electrons. The fourth-order valence-electron chi connectivity index (χ4n) is 1.33. The summed E-state index contributed by atoms with van der Waals surface area (Å²) in [6.07, 6.45) is 0.924. The molecule has 0 spiro atoms. The first kappa shape index (κ1) is 14.7. The minimum atomic E-state index is -0.279. The number of rotatable bonds is 3. The van der Waals surface area contributed by atoms with Gasteiger partial charge >= 0.3 is 0 Å². The zero-order valence-electron chi connectivity index (χ0n) is 8.84. The maximum Gasteiger partial charge on any atom is 0.128 e. The Kier molecular flexibility index (Phi) is 6.18. The van der Waals surface area contributed by atoms with Gasteiger partial charge in [0.1, 0.15) is 5.82 Å². The summed E-state index contributed by atoms with van der Waals surface area (Å²) in [5, 5.41) is 0.528. The molecule has 0 fully saturated rings. The van der Waals surface area contributed by atoms with E-state index in [1.807, 2.05) is 13.8 Å². The first-order valence-electron chi connectivity index (χ1n) is 4.76. The lowest BCUT2D eigenvalue weighted by atomic mass is 9.93. The van der Waals surface area contributed by atoms with Crippen LogP contribution >= 0.6 is 24.0 Å². The molecule has 0 saturated heterocycles. The van der Waals surface area contributed by atoms with E-state index in [0.29, 0.717) is 10.6 Å². The third-order valence-corrected chi connectivity index (χ3v) is 2.81. The van der Waals surface area contributed by atoms with Crippen LogP contribution in [-0.2, 0) is 0 Å². The normalized spacial score (nSPS) is 14.2. The molecule has 2 atom stereocenters. The lowest BCUT2D eigenvalue weighted by Gasteiger charge is -2.19. The molecule has 0 heterocycles. The van der Waals surface area contributed by atoms with Crippen molar-refractivity contribution in [2.45, 2.75) is 26.3 Å². The van der Waals surface area contributed by atoms with Crippen molar-refractivity contribution < 1.29 is 4.39 Å². The zero-order chi connectivity index (χ0) is 10.7. The second-order valence-electron chi connectivity index (χ2n) is 3.58. The van der Waals surface area contributed by atoms with Crippen LogP contribution in [-0.4, -0.2) is 0 Å². The number of nitrogens with two attached hydrogens (primary N) is 1. The highest BCUT2D eigenvalue weighted by atomic mass is 35.5. The van der Waals surface area contributed by atoms with Gasteiger partial charge in [0, 0.05) is 16.6 Å². The van der Waals surface area contributed by atoms with Gasteiger partial charge in [0.15, 0.2) is 0 Å². The van der Waals surface area contributed by atoms with Crippen molar-refractivity contribution in [1.29, 1.82) is 0 Å². The largest absolute Gasteiger partial charge is 0.324 e. The molecule has 0 saturated carbocycles. The Morgan fingerprint density at radius 3 is 2.60 bits per heavy atom. The Hall–Kier alpha value is -0.310. The van der Waals surface area contributed by atoms with E-state index >= 15 is 0 Å². The van der Waals surface area contributed by atoms with Crippen molar-refractivity contribution in [3.8, 4) is 0 Å². The number of hydrogen-bond acceptors (Lipinski definition) is 1. The molecule has 1 unspecified atom stereocenters. The molecular weight excluding hydrogens is 236 g/mol. The van der Waals surface area contributed by atoms with Crippen LogP contribution in [0.3, 0.4) is 0 Å². The highest BCUT2D eigenvalue weighted by molar-refractivity contribution is 6.30. The van der Waals surface area contributed by atoms with Crippen molar-refractivity contribution in [2.24, 2.45) is 11.7 Å². The Morgan fingerprint density at radius 2 is 2.07 bits per heavy atom. The summed E-state index contributed by atoms with van der Waals surface area (Å²) in [6.45, 7) is 4.04. The average Bonchev–Trinajstić information content (AvgIpc) is 2.19. The quantitative estimate of drug-likeness (QED) is 0.866. The van der Waals surface area contributed by atoms with Crippen molar-refractivity contribution in [1.82, 2.24) is 0 Å². The molecule has 1 rings (SSSR count). The summed E-state index contributed by atoms with van der Waals surface area (Å²) in [7, 11) is 0. The smallest absolute Gasteiger partial charge is 0.128 e. The second kappa shape index (κ2) is 6.31. The molecule has 1 nitrogen and oxygen atoms in total. The molecule has 0 aliphatic heterocycles. The van der Waals surface area contributed by atoms with Crippen molar-refractivity contribution >= 4 is 24.0 Å². The predicted molar refractivity (Wildman–Crippen MR) is 65.0 cm³/mol. The third kappa shape index (κ3) is 3.63. The van der Waals surface area contributed by atoms with Crippen LogP contribution in [0.2, 0.25) is 5.02 Å². The van der Waals surface area contributed by atoms with Gasteiger partial charge < -0.3 is 5.73 Å². The monoisotopic (exact) mass is 251 g/mol. The minimum Gasteiger partial charge on any atom is -0.324 e. The Bertz CT molecular complexity index is 317. The summed E-state index contributed by atoms with van der Waals surface area (Å²) in [5.74, 6) is -0.0230. The Labute approximate surface area is 101 Å². The minimum absolute atomic E-state index is 0. The fourth-order valence-corrected chi connectivity index (χ4v) is 1.51. The summed E-state index contributed by atoms with van der Waals surface area (Å²) in [5.41, 5.74) is 6.43. The van der Waals surface area contributed by atoms with Crippen molar-refractivity contribution in [2.75, 3.05) is 0 Å². The average molecular weight is 252 g/mol. The molecule has 0 aliphatic rings. The summed E-state index contributed by atoms with van der Waals surface area (Å²) in [4.78, 5) is 0. The first-order valence-corrected chi connectivity index (χ1v) is 5.14. The van der Waals surface area contributed by atoms with E-state index in [2.05, 4.69) is 0 Å². The third-order valence-electron chi connectivity index (χ3n) is 2.57. The number of benzene rings is 1. The highest BCUT2D eigenvalue weighted by Gasteiger charge is 2.17. The van der Waals surface area contributed by atoms with Crippen LogP contribution in [0.25, 0.3) is 0 Å². The van der Waals surface area contributed by atoms with Gasteiger partial charge in [-0.05, 0) is 24.1 Å². The van der Waals surface area contributed by atoms with Gasteiger partial charge in [-0.2, -0.15) is 0 Å². The summed E-state index contributed by atoms with van der Waals surface area (Å²) in [6, 6.07) is 4.22. The van der Waals surface area contributed by atoms with Crippen LogP contribution in [0, 0.1) is 11.7 Å². The highest BCUT2D eigenvalue weighted by Crippen LogP contribution is 2.26. The van der Waals surface area contributed by atoms with Crippen LogP contribution in [0.5, 0.6) is 0 Å². The molecule has 0 aliphatic carbocycles. The van der Waals surface area contributed by atoms with Gasteiger partial charge in [-0.15, -0.1) is 12.4 Å². The molecule has 0 aromatic heterocycles. The maximum absolute atomic E-state index is 13.4. The van der Waals surface area contributed by atoms with Gasteiger partial charge in [0.25, 0.3) is 0 Å². The standard InChI is InChI=1S/C11H15ClFN.ClH/c1-3-7(2)11(14)9-6-8(12)4-5-10(9)13;/h4-7,11H,3,14H2,1-2H3;1H/t7?,11-;/m1./s1. The van der Waals surface area contributed by atoms with E-state index in [1.54, 1.807) is 6.07 Å². The van der Waals surface area contributed by atoms with E-state index < -0.39 is 0 Å². The number of halogens is 3. The Balaban J connectivity index is 0.00000196. The molecule has 1 aromatic carbocycles. The summed E-state index contributed by atoms with van der Waals surface area (Å²) < 4.78 is 13.4. The van der Waals surface area contributed by atoms with Gasteiger partial charge in [-0.3, -0.25) is 0 Å². The van der Waals surface area contributed by atoms with E-state index in [-0.39, 0.29) is 30.2 Å². The van der Waals surface area contributed by atoms with E-state index in [4.69, 9.17) is 17.3 Å². The van der Waals surface area contributed by atoms with Crippen molar-refractivity contribution in [3.63, 3.8) is 0 Å². The van der Waals surface area contributed by atoms with Crippen LogP contribution in [0.4, 0.5) is 4.39 Å². The van der Waals surface area contributed by atoms with Crippen molar-refractivity contribution in [3.05, 3.63) is 34.6 Å². The van der Waals surface area contributed by atoms with Gasteiger partial charge in [0.2, 0.25) is 0 Å². The molecule has 1 aromatic rings. The fraction of sp³-hybridized carbons (Fsp3) is 0.455. The van der Waals surface area contributed by atoms with E-state index in [9.17, 15) is 4.39 Å². The van der Waals surface area contributed by atoms with Gasteiger partial charge in [-0.1, -0.05) is 31.9 Å². The van der Waals surface area contributed by atoms with E-state index in [1.165, 1.54) is 12.1 Å². The topological polar surface area (TPSA) is 26.0 Å².